The summed E-state index contributed by atoms with van der Waals surface area (Å²) < 4.78 is 59.6. The first-order valence-electron chi connectivity index (χ1n) is 13.4. The van der Waals surface area contributed by atoms with Gasteiger partial charge >= 0.3 is 6.09 Å². The van der Waals surface area contributed by atoms with Crippen molar-refractivity contribution in [2.24, 2.45) is 0 Å². The van der Waals surface area contributed by atoms with E-state index in [9.17, 15) is 23.1 Å². The standard InChI is InChI=1S/C29H24ClF2N5O5S/c30-17-12-19-18(5-9-23(19)38)24(13-17)43(41,42)36-22-8-6-20(31)26(27(22)32)15-4-7-21-16(11-15)14-33-28(34-21)35-25-3-1-2-10-37(25)29(39)40/h4,6-8,11-14,25,36H,1-3,5,9-10H2,(H,39,40)(H,33,34,35). The maximum Gasteiger partial charge on any atom is 0.408 e. The van der Waals surface area contributed by atoms with Crippen molar-refractivity contribution < 1.29 is 31.9 Å². The molecule has 222 valence electrons. The normalized spacial score (nSPS) is 16.8. The fraction of sp³-hybridized carbons (Fsp3) is 0.241. The lowest BCUT2D eigenvalue weighted by Crippen LogP contribution is -2.47. The number of Topliss-reactive ketones (excluding diaryl/α,β-unsaturated/α-hetero) is 1. The Morgan fingerprint density at radius 1 is 1.09 bits per heavy atom. The Bertz CT molecular complexity index is 1920. The van der Waals surface area contributed by atoms with E-state index in [-0.39, 0.29) is 45.6 Å². The van der Waals surface area contributed by atoms with E-state index in [1.165, 1.54) is 41.4 Å². The summed E-state index contributed by atoms with van der Waals surface area (Å²) >= 11 is 6.08. The summed E-state index contributed by atoms with van der Waals surface area (Å²) in [5.41, 5.74) is 0.123. The van der Waals surface area contributed by atoms with Crippen LogP contribution in [-0.2, 0) is 16.4 Å². The summed E-state index contributed by atoms with van der Waals surface area (Å²) in [6, 6.07) is 8.99. The molecule has 0 saturated carbocycles. The topological polar surface area (TPSA) is 142 Å². The van der Waals surface area contributed by atoms with Crippen LogP contribution in [0.3, 0.4) is 0 Å². The lowest BCUT2D eigenvalue weighted by atomic mass is 10.0. The number of carbonyl (C=O) groups excluding carboxylic acids is 1. The molecule has 10 nitrogen and oxygen atoms in total. The minimum Gasteiger partial charge on any atom is -0.465 e. The van der Waals surface area contributed by atoms with E-state index in [4.69, 9.17) is 11.6 Å². The first kappa shape index (κ1) is 28.7. The Morgan fingerprint density at radius 3 is 2.70 bits per heavy atom. The third-order valence-electron chi connectivity index (χ3n) is 7.61. The van der Waals surface area contributed by atoms with E-state index in [0.29, 0.717) is 29.4 Å². The second-order valence-electron chi connectivity index (χ2n) is 10.3. The van der Waals surface area contributed by atoms with E-state index in [0.717, 1.165) is 25.0 Å². The summed E-state index contributed by atoms with van der Waals surface area (Å²) in [6.45, 7) is 0.400. The number of hydrogen-bond donors (Lipinski definition) is 3. The van der Waals surface area contributed by atoms with Gasteiger partial charge in [-0.15, -0.1) is 0 Å². The van der Waals surface area contributed by atoms with Gasteiger partial charge in [-0.25, -0.2) is 32.0 Å². The number of piperidine rings is 1. The number of rotatable bonds is 6. The van der Waals surface area contributed by atoms with Crippen LogP contribution >= 0.6 is 11.6 Å². The van der Waals surface area contributed by atoms with Gasteiger partial charge in [-0.2, -0.15) is 0 Å². The van der Waals surface area contributed by atoms with E-state index in [2.05, 4.69) is 20.0 Å². The number of benzene rings is 3. The van der Waals surface area contributed by atoms with Gasteiger partial charge in [0.2, 0.25) is 5.95 Å². The molecule has 6 rings (SSSR count). The molecule has 0 spiro atoms. The second kappa shape index (κ2) is 11.0. The number of fused-ring (bicyclic) bond motifs is 2. The Hall–Kier alpha value is -4.36. The van der Waals surface area contributed by atoms with E-state index in [1.54, 1.807) is 0 Å². The van der Waals surface area contributed by atoms with E-state index < -0.39 is 45.2 Å². The average Bonchev–Trinajstić information content (AvgIpc) is 3.34. The number of nitrogens with zero attached hydrogens (tertiary/aromatic N) is 3. The van der Waals surface area contributed by atoms with Crippen molar-refractivity contribution in [1.82, 2.24) is 14.9 Å². The third-order valence-corrected chi connectivity index (χ3v) is 9.26. The predicted octanol–water partition coefficient (Wildman–Crippen LogP) is 6.06. The van der Waals surface area contributed by atoms with Crippen molar-refractivity contribution in [3.05, 3.63) is 76.4 Å². The molecular weight excluding hydrogens is 604 g/mol. The van der Waals surface area contributed by atoms with Gasteiger partial charge in [0.05, 0.1) is 21.7 Å². The molecule has 3 aromatic carbocycles. The summed E-state index contributed by atoms with van der Waals surface area (Å²) in [5, 5.41) is 13.0. The number of carboxylic acid groups (broad SMARTS) is 1. The molecule has 2 aliphatic rings. The van der Waals surface area contributed by atoms with Crippen molar-refractivity contribution in [3.63, 3.8) is 0 Å². The number of nitrogens with one attached hydrogen (secondary N) is 2. The summed E-state index contributed by atoms with van der Waals surface area (Å²) in [5.74, 6) is -2.08. The number of ketones is 1. The van der Waals surface area contributed by atoms with Gasteiger partial charge in [-0.3, -0.25) is 14.4 Å². The third kappa shape index (κ3) is 5.45. The van der Waals surface area contributed by atoms with Gasteiger partial charge in [-0.05, 0) is 73.2 Å². The van der Waals surface area contributed by atoms with Crippen molar-refractivity contribution in [2.75, 3.05) is 16.6 Å². The fourth-order valence-corrected chi connectivity index (χ4v) is 7.20. The molecule has 14 heteroatoms. The van der Waals surface area contributed by atoms with Crippen molar-refractivity contribution in [3.8, 4) is 11.1 Å². The highest BCUT2D eigenvalue weighted by atomic mass is 35.5. The second-order valence-corrected chi connectivity index (χ2v) is 12.4. The van der Waals surface area contributed by atoms with Crippen LogP contribution in [0, 0.1) is 11.6 Å². The van der Waals surface area contributed by atoms with Crippen LogP contribution < -0.4 is 10.0 Å². The quantitative estimate of drug-likeness (QED) is 0.234. The monoisotopic (exact) mass is 627 g/mol. The smallest absolute Gasteiger partial charge is 0.408 e. The number of carbonyl (C=O) groups is 2. The molecule has 1 aromatic heterocycles. The molecule has 2 heterocycles. The Morgan fingerprint density at radius 2 is 1.91 bits per heavy atom. The SMILES string of the molecule is O=C1CCc2c1cc(Cl)cc2S(=O)(=O)Nc1ccc(F)c(-c2ccc3nc(NC4CCCCN4C(=O)O)ncc3c2)c1F. The molecule has 1 fully saturated rings. The minimum absolute atomic E-state index is 0.0457. The molecule has 1 aliphatic carbocycles. The molecule has 1 atom stereocenters. The molecule has 4 aromatic rings. The molecule has 0 bridgehead atoms. The lowest BCUT2D eigenvalue weighted by Gasteiger charge is -2.33. The minimum atomic E-state index is -4.40. The number of aromatic nitrogens is 2. The zero-order valence-corrected chi connectivity index (χ0v) is 24.0. The Labute approximate surface area is 249 Å². The maximum absolute atomic E-state index is 15.8. The number of likely N-dealkylation sites (tertiary alicyclic amines) is 1. The largest absolute Gasteiger partial charge is 0.465 e. The van der Waals surface area contributed by atoms with Gasteiger partial charge in [0.1, 0.15) is 12.0 Å². The summed E-state index contributed by atoms with van der Waals surface area (Å²) in [4.78, 5) is 33.5. The summed E-state index contributed by atoms with van der Waals surface area (Å²) in [6.07, 6.45) is 2.49. The van der Waals surface area contributed by atoms with Gasteiger partial charge in [0.25, 0.3) is 10.0 Å². The molecule has 1 aliphatic heterocycles. The van der Waals surface area contributed by atoms with Crippen LogP contribution in [-0.4, -0.2) is 53.0 Å². The van der Waals surface area contributed by atoms with Crippen LogP contribution in [0.25, 0.3) is 22.0 Å². The molecule has 43 heavy (non-hydrogen) atoms. The van der Waals surface area contributed by atoms with Crippen molar-refractivity contribution >= 4 is 56.0 Å². The maximum atomic E-state index is 15.8. The number of amides is 1. The zero-order valence-electron chi connectivity index (χ0n) is 22.4. The molecule has 3 N–H and O–H groups in total. The van der Waals surface area contributed by atoms with Crippen LogP contribution in [0.1, 0.15) is 41.6 Å². The predicted molar refractivity (Wildman–Crippen MR) is 156 cm³/mol. The number of anilines is 2. The summed E-state index contributed by atoms with van der Waals surface area (Å²) in [7, 11) is -4.40. The lowest BCUT2D eigenvalue weighted by molar-refractivity contribution is 0.0994. The molecular formula is C29H24ClF2N5O5S. The Kier molecular flexibility index (Phi) is 7.38. The van der Waals surface area contributed by atoms with Crippen molar-refractivity contribution in [1.29, 1.82) is 0 Å². The van der Waals surface area contributed by atoms with Gasteiger partial charge in [0.15, 0.2) is 11.6 Å². The van der Waals surface area contributed by atoms with Crippen LogP contribution in [0.15, 0.2) is 53.6 Å². The molecule has 1 unspecified atom stereocenters. The first-order valence-corrected chi connectivity index (χ1v) is 15.3. The highest BCUT2D eigenvalue weighted by molar-refractivity contribution is 7.92. The number of sulfonamides is 1. The highest BCUT2D eigenvalue weighted by Crippen LogP contribution is 2.36. The fourth-order valence-electron chi connectivity index (χ4n) is 5.55. The van der Waals surface area contributed by atoms with Gasteiger partial charge < -0.3 is 10.4 Å². The molecule has 0 radical (unpaired) electrons. The molecule has 1 amide bonds. The van der Waals surface area contributed by atoms with Crippen LogP contribution in [0.2, 0.25) is 5.02 Å². The zero-order chi connectivity index (χ0) is 30.5. The van der Waals surface area contributed by atoms with E-state index in [1.807, 2.05) is 0 Å². The van der Waals surface area contributed by atoms with Crippen LogP contribution in [0.5, 0.6) is 0 Å². The molecule has 1 saturated heterocycles. The van der Waals surface area contributed by atoms with Gasteiger partial charge in [0, 0.05) is 35.1 Å². The number of hydrogen-bond acceptors (Lipinski definition) is 7. The average molecular weight is 628 g/mol. The van der Waals surface area contributed by atoms with Crippen LogP contribution in [0.4, 0.5) is 25.2 Å². The first-order chi connectivity index (χ1) is 20.5. The van der Waals surface area contributed by atoms with Gasteiger partial charge in [-0.1, -0.05) is 17.7 Å². The highest BCUT2D eigenvalue weighted by Gasteiger charge is 2.30. The van der Waals surface area contributed by atoms with Crippen molar-refractivity contribution in [2.45, 2.75) is 43.2 Å². The van der Waals surface area contributed by atoms with E-state index >= 15 is 8.78 Å². The Balaban J connectivity index is 1.30. The number of halogens is 3.